The predicted molar refractivity (Wildman–Crippen MR) is 73.0 cm³/mol. The van der Waals surface area contributed by atoms with Gasteiger partial charge in [-0.25, -0.2) is 0 Å². The summed E-state index contributed by atoms with van der Waals surface area (Å²) < 4.78 is 0. The van der Waals surface area contributed by atoms with Gasteiger partial charge in [0.2, 0.25) is 5.91 Å². The molecule has 104 valence electrons. The fourth-order valence-electron chi connectivity index (χ4n) is 1.69. The van der Waals surface area contributed by atoms with Gasteiger partial charge in [0.1, 0.15) is 0 Å². The van der Waals surface area contributed by atoms with E-state index in [1.807, 2.05) is 0 Å². The molecule has 1 aromatic heterocycles. The first-order chi connectivity index (χ1) is 9.56. The Balaban J connectivity index is 2.03. The minimum absolute atomic E-state index is 0.0918. The van der Waals surface area contributed by atoms with Crippen molar-refractivity contribution < 1.29 is 14.7 Å². The molecule has 0 saturated carbocycles. The number of aromatic nitrogens is 2. The fourth-order valence-corrected chi connectivity index (χ4v) is 1.69. The minimum Gasteiger partial charge on any atom is -0.481 e. The van der Waals surface area contributed by atoms with Gasteiger partial charge in [-0.3, -0.25) is 19.6 Å². The molecule has 0 spiro atoms. The maximum Gasteiger partial charge on any atom is 0.303 e. The Labute approximate surface area is 114 Å². The number of hydrogen-bond donors (Lipinski definition) is 3. The highest BCUT2D eigenvalue weighted by Gasteiger charge is 2.15. The molecule has 0 radical (unpaired) electrons. The Morgan fingerprint density at radius 2 is 1.95 bits per heavy atom. The van der Waals surface area contributed by atoms with Crippen LogP contribution < -0.4 is 11.1 Å². The van der Waals surface area contributed by atoms with Crippen LogP contribution in [-0.4, -0.2) is 33.0 Å². The normalized spacial score (nSPS) is 12.1. The van der Waals surface area contributed by atoms with Gasteiger partial charge in [-0.05, 0) is 24.6 Å². The zero-order chi connectivity index (χ0) is 14.5. The van der Waals surface area contributed by atoms with Crippen molar-refractivity contribution in [1.82, 2.24) is 9.97 Å². The van der Waals surface area contributed by atoms with Crippen LogP contribution in [0.25, 0.3) is 11.0 Å². The molecule has 0 saturated heterocycles. The molecule has 4 N–H and O–H groups in total. The second-order valence-corrected chi connectivity index (χ2v) is 4.29. The first kappa shape index (κ1) is 13.9. The summed E-state index contributed by atoms with van der Waals surface area (Å²) in [5.41, 5.74) is 7.55. The van der Waals surface area contributed by atoms with Gasteiger partial charge in [0.15, 0.2) is 0 Å². The summed E-state index contributed by atoms with van der Waals surface area (Å²) in [6.45, 7) is 0. The Hall–Kier alpha value is -2.54. The number of nitrogens with one attached hydrogen (secondary N) is 1. The van der Waals surface area contributed by atoms with Gasteiger partial charge >= 0.3 is 5.97 Å². The molecule has 0 aliphatic rings. The van der Waals surface area contributed by atoms with Crippen LogP contribution in [0.3, 0.4) is 0 Å². The Bertz CT molecular complexity index is 644. The van der Waals surface area contributed by atoms with Gasteiger partial charge in [0.25, 0.3) is 0 Å². The zero-order valence-electron chi connectivity index (χ0n) is 10.6. The lowest BCUT2D eigenvalue weighted by Gasteiger charge is -2.11. The van der Waals surface area contributed by atoms with E-state index in [1.54, 1.807) is 30.6 Å². The topological polar surface area (TPSA) is 118 Å². The molecule has 1 aromatic carbocycles. The highest BCUT2D eigenvalue weighted by molar-refractivity contribution is 5.96. The van der Waals surface area contributed by atoms with Crippen molar-refractivity contribution in [3.05, 3.63) is 30.6 Å². The number of rotatable bonds is 5. The van der Waals surface area contributed by atoms with Gasteiger partial charge in [-0.15, -0.1) is 0 Å². The molecule has 0 fully saturated rings. The van der Waals surface area contributed by atoms with Gasteiger partial charge in [0, 0.05) is 24.5 Å². The molecule has 2 rings (SSSR count). The monoisotopic (exact) mass is 274 g/mol. The number of hydrogen-bond acceptors (Lipinski definition) is 5. The first-order valence-corrected chi connectivity index (χ1v) is 6.05. The van der Waals surface area contributed by atoms with Gasteiger partial charge in [0.05, 0.1) is 17.1 Å². The molecule has 0 aliphatic heterocycles. The van der Waals surface area contributed by atoms with Crippen molar-refractivity contribution in [2.45, 2.75) is 18.9 Å². The van der Waals surface area contributed by atoms with Crippen LogP contribution in [0.2, 0.25) is 0 Å². The maximum atomic E-state index is 11.8. The van der Waals surface area contributed by atoms with E-state index >= 15 is 0 Å². The lowest BCUT2D eigenvalue weighted by Crippen LogP contribution is -2.36. The SMILES string of the molecule is NC(CCC(=O)O)C(=O)Nc1ccc2nccnc2c1. The number of nitrogens with zero attached hydrogens (tertiary/aromatic N) is 2. The number of fused-ring (bicyclic) bond motifs is 1. The van der Waals surface area contributed by atoms with Crippen LogP contribution in [0.4, 0.5) is 5.69 Å². The minimum atomic E-state index is -0.978. The molecule has 7 nitrogen and oxygen atoms in total. The third kappa shape index (κ3) is 3.48. The molecule has 2 aromatic rings. The van der Waals surface area contributed by atoms with Crippen molar-refractivity contribution >= 4 is 28.6 Å². The van der Waals surface area contributed by atoms with Gasteiger partial charge < -0.3 is 16.2 Å². The number of carbonyl (C=O) groups is 2. The van der Waals surface area contributed by atoms with Crippen LogP contribution in [0.5, 0.6) is 0 Å². The third-order valence-corrected chi connectivity index (χ3v) is 2.74. The zero-order valence-corrected chi connectivity index (χ0v) is 10.6. The smallest absolute Gasteiger partial charge is 0.303 e. The molecule has 1 heterocycles. The van der Waals surface area contributed by atoms with Crippen LogP contribution in [0.15, 0.2) is 30.6 Å². The molecular formula is C13H14N4O3. The number of carbonyl (C=O) groups excluding carboxylic acids is 1. The molecule has 1 amide bonds. The number of nitrogens with two attached hydrogens (primary N) is 1. The van der Waals surface area contributed by atoms with E-state index in [1.165, 1.54) is 0 Å². The van der Waals surface area contributed by atoms with Crippen molar-refractivity contribution in [2.24, 2.45) is 5.73 Å². The summed E-state index contributed by atoms with van der Waals surface area (Å²) in [5.74, 6) is -1.40. The predicted octanol–water partition coefficient (Wildman–Crippen LogP) is 0.760. The van der Waals surface area contributed by atoms with Gasteiger partial charge in [-0.2, -0.15) is 0 Å². The van der Waals surface area contributed by atoms with Crippen LogP contribution in [-0.2, 0) is 9.59 Å². The first-order valence-electron chi connectivity index (χ1n) is 6.05. The lowest BCUT2D eigenvalue weighted by molar-refractivity contribution is -0.137. The summed E-state index contributed by atoms with van der Waals surface area (Å²) in [4.78, 5) is 30.5. The quantitative estimate of drug-likeness (QED) is 0.740. The second-order valence-electron chi connectivity index (χ2n) is 4.29. The molecule has 0 aliphatic carbocycles. The van der Waals surface area contributed by atoms with Crippen molar-refractivity contribution in [3.8, 4) is 0 Å². The lowest BCUT2D eigenvalue weighted by atomic mass is 10.1. The number of aliphatic carboxylic acids is 1. The van der Waals surface area contributed by atoms with Crippen LogP contribution >= 0.6 is 0 Å². The summed E-state index contributed by atoms with van der Waals surface area (Å²) in [6.07, 6.45) is 3.10. The van der Waals surface area contributed by atoms with Crippen molar-refractivity contribution in [2.75, 3.05) is 5.32 Å². The average Bonchev–Trinajstić information content (AvgIpc) is 2.44. The number of amides is 1. The van der Waals surface area contributed by atoms with E-state index in [2.05, 4.69) is 15.3 Å². The maximum absolute atomic E-state index is 11.8. The number of carboxylic acids is 1. The third-order valence-electron chi connectivity index (χ3n) is 2.74. The van der Waals surface area contributed by atoms with Crippen LogP contribution in [0.1, 0.15) is 12.8 Å². The Kier molecular flexibility index (Phi) is 4.21. The largest absolute Gasteiger partial charge is 0.481 e. The highest BCUT2D eigenvalue weighted by Crippen LogP contribution is 2.15. The Morgan fingerprint density at radius 1 is 1.25 bits per heavy atom. The Morgan fingerprint density at radius 3 is 2.65 bits per heavy atom. The molecule has 0 bridgehead atoms. The van der Waals surface area contributed by atoms with E-state index in [0.717, 1.165) is 5.52 Å². The van der Waals surface area contributed by atoms with E-state index in [-0.39, 0.29) is 12.8 Å². The van der Waals surface area contributed by atoms with E-state index in [0.29, 0.717) is 11.2 Å². The molecule has 1 unspecified atom stereocenters. The summed E-state index contributed by atoms with van der Waals surface area (Å²) in [5, 5.41) is 11.2. The number of anilines is 1. The van der Waals surface area contributed by atoms with E-state index in [9.17, 15) is 9.59 Å². The molecule has 1 atom stereocenters. The van der Waals surface area contributed by atoms with E-state index in [4.69, 9.17) is 10.8 Å². The summed E-state index contributed by atoms with van der Waals surface area (Å²) in [7, 11) is 0. The number of carboxylic acid groups (broad SMARTS) is 1. The second kappa shape index (κ2) is 6.07. The van der Waals surface area contributed by atoms with Crippen molar-refractivity contribution in [1.29, 1.82) is 0 Å². The fraction of sp³-hybridized carbons (Fsp3) is 0.231. The molecular weight excluding hydrogens is 260 g/mol. The van der Waals surface area contributed by atoms with Gasteiger partial charge in [-0.1, -0.05) is 0 Å². The highest BCUT2D eigenvalue weighted by atomic mass is 16.4. The summed E-state index contributed by atoms with van der Waals surface area (Å²) >= 11 is 0. The summed E-state index contributed by atoms with van der Waals surface area (Å²) in [6, 6.07) is 4.26. The molecule has 20 heavy (non-hydrogen) atoms. The molecule has 7 heteroatoms. The van der Waals surface area contributed by atoms with Crippen LogP contribution in [0, 0.1) is 0 Å². The van der Waals surface area contributed by atoms with E-state index < -0.39 is 17.9 Å². The number of benzene rings is 1. The average molecular weight is 274 g/mol. The van der Waals surface area contributed by atoms with Crippen molar-refractivity contribution in [3.63, 3.8) is 0 Å². The standard InChI is InChI=1S/C13H14N4O3/c14-9(2-4-12(18)19)13(20)17-8-1-3-10-11(7-8)16-6-5-15-10/h1,3,5-7,9H,2,4,14H2,(H,17,20)(H,18,19).